The molecule has 1 N–H and O–H groups in total. The predicted octanol–water partition coefficient (Wildman–Crippen LogP) is 1.30. The number of hydrogen-bond acceptors (Lipinski definition) is 4. The summed E-state index contributed by atoms with van der Waals surface area (Å²) in [5.41, 5.74) is 2.34. The topological polar surface area (TPSA) is 48.3 Å². The van der Waals surface area contributed by atoms with Gasteiger partial charge < -0.3 is 14.8 Å². The first-order valence-corrected chi connectivity index (χ1v) is 6.97. The second-order valence-corrected chi connectivity index (χ2v) is 4.75. The molecule has 0 aliphatic heterocycles. The van der Waals surface area contributed by atoms with Gasteiger partial charge in [-0.3, -0.25) is 4.68 Å². The molecule has 1 aromatic rings. The number of hydrogen-bond donors (Lipinski definition) is 1. The van der Waals surface area contributed by atoms with Crippen molar-refractivity contribution < 1.29 is 9.47 Å². The summed E-state index contributed by atoms with van der Waals surface area (Å²) in [6.07, 6.45) is 1.99. The lowest BCUT2D eigenvalue weighted by Crippen LogP contribution is -2.33. The van der Waals surface area contributed by atoms with Crippen molar-refractivity contribution >= 4 is 0 Å². The Morgan fingerprint density at radius 1 is 1.37 bits per heavy atom. The highest BCUT2D eigenvalue weighted by atomic mass is 16.5. The lowest BCUT2D eigenvalue weighted by molar-refractivity contribution is 0.0658. The maximum Gasteiger partial charge on any atom is 0.0700 e. The third-order valence-electron chi connectivity index (χ3n) is 3.09. The molecule has 1 heterocycles. The van der Waals surface area contributed by atoms with Crippen LogP contribution in [0.4, 0.5) is 0 Å². The van der Waals surface area contributed by atoms with Gasteiger partial charge in [-0.05, 0) is 26.0 Å². The Bertz CT molecular complexity index is 352. The van der Waals surface area contributed by atoms with E-state index >= 15 is 0 Å². The summed E-state index contributed by atoms with van der Waals surface area (Å²) in [7, 11) is 3.69. The average Bonchev–Trinajstić information content (AvgIpc) is 2.67. The summed E-state index contributed by atoms with van der Waals surface area (Å²) in [4.78, 5) is 0. The highest BCUT2D eigenvalue weighted by molar-refractivity contribution is 5.10. The average molecular weight is 269 g/mol. The zero-order valence-corrected chi connectivity index (χ0v) is 12.6. The van der Waals surface area contributed by atoms with Gasteiger partial charge in [0, 0.05) is 38.9 Å². The smallest absolute Gasteiger partial charge is 0.0700 e. The molecule has 110 valence electrons. The Morgan fingerprint density at radius 2 is 2.16 bits per heavy atom. The molecule has 0 bridgehead atoms. The van der Waals surface area contributed by atoms with E-state index in [2.05, 4.69) is 23.4 Å². The van der Waals surface area contributed by atoms with E-state index in [4.69, 9.17) is 9.47 Å². The van der Waals surface area contributed by atoms with Crippen molar-refractivity contribution in [1.29, 1.82) is 0 Å². The van der Waals surface area contributed by atoms with Crippen LogP contribution in [0.15, 0.2) is 6.07 Å². The summed E-state index contributed by atoms with van der Waals surface area (Å²) in [6, 6.07) is 2.58. The van der Waals surface area contributed by atoms with Gasteiger partial charge in [0.1, 0.15) is 0 Å². The summed E-state index contributed by atoms with van der Waals surface area (Å²) < 4.78 is 12.5. The van der Waals surface area contributed by atoms with Gasteiger partial charge in [0.25, 0.3) is 0 Å². The highest BCUT2D eigenvalue weighted by Gasteiger charge is 2.11. The van der Waals surface area contributed by atoms with Crippen molar-refractivity contribution in [3.63, 3.8) is 0 Å². The number of methoxy groups -OCH3 is 1. The third kappa shape index (κ3) is 6.18. The normalized spacial score (nSPS) is 12.8. The predicted molar refractivity (Wildman–Crippen MR) is 76.4 cm³/mol. The molecular formula is C14H27N3O2. The van der Waals surface area contributed by atoms with Crippen molar-refractivity contribution in [3.8, 4) is 0 Å². The third-order valence-corrected chi connectivity index (χ3v) is 3.09. The number of nitrogens with zero attached hydrogens (tertiary/aromatic N) is 2. The number of rotatable bonds is 10. The monoisotopic (exact) mass is 269 g/mol. The molecule has 1 rings (SSSR count). The maximum absolute atomic E-state index is 5.54. The van der Waals surface area contributed by atoms with E-state index in [1.165, 1.54) is 5.69 Å². The second kappa shape index (κ2) is 9.07. The van der Waals surface area contributed by atoms with Gasteiger partial charge in [0.05, 0.1) is 18.9 Å². The molecule has 0 radical (unpaired) electrons. The molecular weight excluding hydrogens is 242 g/mol. The van der Waals surface area contributed by atoms with E-state index in [1.807, 2.05) is 18.7 Å². The van der Waals surface area contributed by atoms with Gasteiger partial charge in [-0.15, -0.1) is 0 Å². The van der Waals surface area contributed by atoms with Crippen LogP contribution in [0.1, 0.15) is 24.7 Å². The fraction of sp³-hybridized carbons (Fsp3) is 0.786. The molecule has 5 heteroatoms. The molecule has 1 unspecified atom stereocenters. The van der Waals surface area contributed by atoms with Crippen molar-refractivity contribution in [3.05, 3.63) is 17.5 Å². The fourth-order valence-electron chi connectivity index (χ4n) is 2.14. The van der Waals surface area contributed by atoms with Crippen molar-refractivity contribution in [2.24, 2.45) is 7.05 Å². The summed E-state index contributed by atoms with van der Waals surface area (Å²) in [5.74, 6) is 0. The molecule has 1 atom stereocenters. The Balaban J connectivity index is 2.37. The molecule has 0 spiro atoms. The minimum Gasteiger partial charge on any atom is -0.382 e. The van der Waals surface area contributed by atoms with Crippen LogP contribution in [-0.4, -0.2) is 49.3 Å². The van der Waals surface area contributed by atoms with E-state index in [0.717, 1.165) is 31.7 Å². The van der Waals surface area contributed by atoms with Crippen LogP contribution in [0.25, 0.3) is 0 Å². The zero-order valence-electron chi connectivity index (χ0n) is 12.6. The van der Waals surface area contributed by atoms with Gasteiger partial charge in [-0.1, -0.05) is 6.92 Å². The summed E-state index contributed by atoms with van der Waals surface area (Å²) in [5, 5.41) is 7.89. The molecule has 0 aliphatic carbocycles. The number of nitrogens with one attached hydrogen (secondary N) is 1. The molecule has 1 aromatic heterocycles. The Labute approximate surface area is 116 Å². The van der Waals surface area contributed by atoms with Gasteiger partial charge in [0.15, 0.2) is 0 Å². The molecule has 0 amide bonds. The minimum atomic E-state index is 0.433. The van der Waals surface area contributed by atoms with Gasteiger partial charge in [-0.25, -0.2) is 0 Å². The molecule has 0 fully saturated rings. The largest absolute Gasteiger partial charge is 0.382 e. The first kappa shape index (κ1) is 16.1. The van der Waals surface area contributed by atoms with Crippen LogP contribution >= 0.6 is 0 Å². The van der Waals surface area contributed by atoms with Crippen LogP contribution < -0.4 is 5.32 Å². The molecule has 19 heavy (non-hydrogen) atoms. The number of likely N-dealkylation sites (N-methyl/N-ethyl adjacent to an activating group) is 1. The SMILES string of the molecule is CCNC(CCOCCOC)Cc1cc(C)nn1C. The summed E-state index contributed by atoms with van der Waals surface area (Å²) >= 11 is 0. The number of ether oxygens (including phenoxy) is 2. The minimum absolute atomic E-state index is 0.433. The first-order chi connectivity index (χ1) is 9.17. The van der Waals surface area contributed by atoms with E-state index < -0.39 is 0 Å². The fourth-order valence-corrected chi connectivity index (χ4v) is 2.14. The van der Waals surface area contributed by atoms with Crippen molar-refractivity contribution in [2.75, 3.05) is 33.5 Å². The van der Waals surface area contributed by atoms with Gasteiger partial charge in [-0.2, -0.15) is 5.10 Å². The standard InChI is InChI=1S/C14H27N3O2/c1-5-15-13(6-7-19-9-8-18-4)11-14-10-12(2)16-17(14)3/h10,13,15H,5-9,11H2,1-4H3. The molecule has 5 nitrogen and oxygen atoms in total. The van der Waals surface area contributed by atoms with Crippen LogP contribution in [0.2, 0.25) is 0 Å². The molecule has 0 saturated heterocycles. The first-order valence-electron chi connectivity index (χ1n) is 6.97. The van der Waals surface area contributed by atoms with Crippen LogP contribution in [-0.2, 0) is 22.9 Å². The lowest BCUT2D eigenvalue weighted by atomic mass is 10.1. The Hall–Kier alpha value is -0.910. The van der Waals surface area contributed by atoms with E-state index in [9.17, 15) is 0 Å². The quantitative estimate of drug-likeness (QED) is 0.651. The Kier molecular flexibility index (Phi) is 7.70. The molecule has 0 aromatic carbocycles. The molecule has 0 saturated carbocycles. The second-order valence-electron chi connectivity index (χ2n) is 4.75. The number of aromatic nitrogens is 2. The number of aryl methyl sites for hydroxylation is 2. The molecule has 0 aliphatic rings. The van der Waals surface area contributed by atoms with Gasteiger partial charge >= 0.3 is 0 Å². The van der Waals surface area contributed by atoms with E-state index in [0.29, 0.717) is 19.3 Å². The van der Waals surface area contributed by atoms with Crippen LogP contribution in [0.3, 0.4) is 0 Å². The van der Waals surface area contributed by atoms with Crippen LogP contribution in [0, 0.1) is 6.92 Å². The highest BCUT2D eigenvalue weighted by Crippen LogP contribution is 2.07. The van der Waals surface area contributed by atoms with Gasteiger partial charge in [0.2, 0.25) is 0 Å². The zero-order chi connectivity index (χ0) is 14.1. The van der Waals surface area contributed by atoms with E-state index in [1.54, 1.807) is 7.11 Å². The van der Waals surface area contributed by atoms with Crippen molar-refractivity contribution in [2.45, 2.75) is 32.7 Å². The van der Waals surface area contributed by atoms with E-state index in [-0.39, 0.29) is 0 Å². The summed E-state index contributed by atoms with van der Waals surface area (Å²) in [6.45, 7) is 7.22. The lowest BCUT2D eigenvalue weighted by Gasteiger charge is -2.18. The maximum atomic E-state index is 5.54. The van der Waals surface area contributed by atoms with Crippen molar-refractivity contribution in [1.82, 2.24) is 15.1 Å². The Morgan fingerprint density at radius 3 is 2.74 bits per heavy atom. The van der Waals surface area contributed by atoms with Crippen LogP contribution in [0.5, 0.6) is 0 Å².